The van der Waals surface area contributed by atoms with Crippen LogP contribution >= 0.6 is 15.9 Å². The lowest BCUT2D eigenvalue weighted by molar-refractivity contribution is -0.267. The Hall–Kier alpha value is -0.170. The molecule has 0 aromatic carbocycles. The minimum absolute atomic E-state index is 0.110. The van der Waals surface area contributed by atoms with Gasteiger partial charge < -0.3 is 18.9 Å². The van der Waals surface area contributed by atoms with E-state index in [4.69, 9.17) is 18.9 Å². The Labute approximate surface area is 218 Å². The van der Waals surface area contributed by atoms with Crippen LogP contribution in [0.3, 0.4) is 0 Å². The Balaban J connectivity index is 1.16. The molecule has 1 spiro atoms. The molecule has 0 bridgehead atoms. The van der Waals surface area contributed by atoms with E-state index < -0.39 is 5.79 Å². The molecule has 0 amide bonds. The van der Waals surface area contributed by atoms with Crippen LogP contribution in [0.5, 0.6) is 0 Å². The second kappa shape index (κ2) is 7.70. The molecule has 3 saturated heterocycles. The quantitative estimate of drug-likeness (QED) is 0.237. The molecule has 35 heavy (non-hydrogen) atoms. The molecule has 15 atom stereocenters. The van der Waals surface area contributed by atoms with Crippen LogP contribution in [-0.2, 0) is 23.7 Å². The summed E-state index contributed by atoms with van der Waals surface area (Å²) in [6.07, 6.45) is 9.19. The van der Waals surface area contributed by atoms with Gasteiger partial charge in [-0.05, 0) is 80.0 Å². The lowest BCUT2D eigenvalue weighted by Gasteiger charge is -2.59. The standard InChI is InChI=1S/C29H43BrO5/c1-14-10-22(30)29(32-13-14)15(2)23-21(35-29)12-20-19-7-6-17-11-18(33-16(3)31)8-9-27(17,4)24(19)25-26(34-25)28(20,23)5/h14-15,17-26H,6-13H2,1-5H3. The van der Waals surface area contributed by atoms with E-state index in [-0.39, 0.29) is 28.4 Å². The highest BCUT2D eigenvalue weighted by Gasteiger charge is 2.78. The molecule has 3 aliphatic heterocycles. The number of fused-ring (bicyclic) bond motifs is 10. The molecule has 0 N–H and O–H groups in total. The lowest BCUT2D eigenvalue weighted by atomic mass is 9.44. The van der Waals surface area contributed by atoms with Gasteiger partial charge in [-0.15, -0.1) is 0 Å². The molecule has 7 rings (SSSR count). The average molecular weight is 552 g/mol. The van der Waals surface area contributed by atoms with Gasteiger partial charge in [0.1, 0.15) is 6.10 Å². The van der Waals surface area contributed by atoms with E-state index in [9.17, 15) is 4.79 Å². The van der Waals surface area contributed by atoms with E-state index in [2.05, 4.69) is 43.6 Å². The summed E-state index contributed by atoms with van der Waals surface area (Å²) in [7, 11) is 0. The number of ether oxygens (including phenoxy) is 4. The fraction of sp³-hybridized carbons (Fsp3) is 0.966. The van der Waals surface area contributed by atoms with Crippen molar-refractivity contribution in [3.8, 4) is 0 Å². The van der Waals surface area contributed by atoms with E-state index in [0.29, 0.717) is 53.1 Å². The van der Waals surface area contributed by atoms with E-state index in [1.807, 2.05) is 0 Å². The van der Waals surface area contributed by atoms with Gasteiger partial charge in [-0.25, -0.2) is 0 Å². The second-order valence-corrected chi connectivity index (χ2v) is 15.1. The number of rotatable bonds is 1. The van der Waals surface area contributed by atoms with Gasteiger partial charge in [0.15, 0.2) is 5.79 Å². The highest BCUT2D eigenvalue weighted by atomic mass is 79.9. The van der Waals surface area contributed by atoms with Gasteiger partial charge in [-0.1, -0.05) is 43.6 Å². The van der Waals surface area contributed by atoms with E-state index in [0.717, 1.165) is 44.6 Å². The van der Waals surface area contributed by atoms with Crippen molar-refractivity contribution in [2.24, 2.45) is 52.3 Å². The Morgan fingerprint density at radius 3 is 2.60 bits per heavy atom. The van der Waals surface area contributed by atoms with Crippen molar-refractivity contribution in [3.63, 3.8) is 0 Å². The van der Waals surface area contributed by atoms with E-state index in [1.54, 1.807) is 6.92 Å². The fourth-order valence-corrected chi connectivity index (χ4v) is 12.3. The van der Waals surface area contributed by atoms with Crippen LogP contribution in [0.15, 0.2) is 0 Å². The zero-order chi connectivity index (χ0) is 24.5. The first-order valence-corrected chi connectivity index (χ1v) is 15.3. The Morgan fingerprint density at radius 1 is 1.06 bits per heavy atom. The Bertz CT molecular complexity index is 912. The fourth-order valence-electron chi connectivity index (χ4n) is 11.0. The lowest BCUT2D eigenvalue weighted by Crippen LogP contribution is -2.59. The molecular formula is C29H43BrO5. The summed E-state index contributed by atoms with van der Waals surface area (Å²) in [5.41, 5.74) is 0.478. The highest BCUT2D eigenvalue weighted by Crippen LogP contribution is 2.75. The van der Waals surface area contributed by atoms with Crippen molar-refractivity contribution in [1.82, 2.24) is 0 Å². The van der Waals surface area contributed by atoms with Gasteiger partial charge in [0.25, 0.3) is 0 Å². The summed E-state index contributed by atoms with van der Waals surface area (Å²) < 4.78 is 26.0. The SMILES string of the molecule is CC(=O)OC1CCC2(C)C(CCC3C2C2OC2C2(C)C3CC3OC4(OCC(C)CC4Br)C(C)C32)C1. The van der Waals surface area contributed by atoms with Crippen molar-refractivity contribution >= 4 is 21.9 Å². The third-order valence-corrected chi connectivity index (χ3v) is 13.5. The van der Waals surface area contributed by atoms with Crippen LogP contribution in [0.4, 0.5) is 0 Å². The number of hydrogen-bond donors (Lipinski definition) is 0. The predicted octanol–water partition coefficient (Wildman–Crippen LogP) is 5.73. The Kier molecular flexibility index (Phi) is 5.26. The zero-order valence-electron chi connectivity index (χ0n) is 22.0. The van der Waals surface area contributed by atoms with Gasteiger partial charge in [0.2, 0.25) is 0 Å². The number of carbonyl (C=O) groups excluding carboxylic acids is 1. The number of epoxide rings is 1. The first-order valence-electron chi connectivity index (χ1n) is 14.4. The first-order chi connectivity index (χ1) is 16.6. The minimum atomic E-state index is -0.476. The largest absolute Gasteiger partial charge is 0.463 e. The smallest absolute Gasteiger partial charge is 0.302 e. The molecule has 7 fully saturated rings. The third kappa shape index (κ3) is 3.06. The maximum absolute atomic E-state index is 11.6. The molecule has 15 unspecified atom stereocenters. The average Bonchev–Trinajstić information content (AvgIpc) is 3.46. The molecule has 3 heterocycles. The summed E-state index contributed by atoms with van der Waals surface area (Å²) >= 11 is 4.00. The molecule has 4 aliphatic carbocycles. The van der Waals surface area contributed by atoms with Crippen LogP contribution < -0.4 is 0 Å². The van der Waals surface area contributed by atoms with Crippen LogP contribution in [0.1, 0.15) is 79.6 Å². The number of hydrogen-bond acceptors (Lipinski definition) is 5. The van der Waals surface area contributed by atoms with Gasteiger partial charge in [-0.2, -0.15) is 0 Å². The maximum atomic E-state index is 11.6. The molecule has 0 radical (unpaired) electrons. The molecular weight excluding hydrogens is 508 g/mol. The van der Waals surface area contributed by atoms with Gasteiger partial charge >= 0.3 is 5.97 Å². The number of esters is 1. The molecule has 0 aromatic heterocycles. The third-order valence-electron chi connectivity index (χ3n) is 12.5. The molecule has 0 aromatic rings. The van der Waals surface area contributed by atoms with Gasteiger partial charge in [-0.3, -0.25) is 4.79 Å². The molecule has 196 valence electrons. The predicted molar refractivity (Wildman–Crippen MR) is 135 cm³/mol. The molecule has 4 saturated carbocycles. The molecule has 6 heteroatoms. The molecule has 5 nitrogen and oxygen atoms in total. The second-order valence-electron chi connectivity index (χ2n) is 14.0. The van der Waals surface area contributed by atoms with Crippen molar-refractivity contribution < 1.29 is 23.7 Å². The van der Waals surface area contributed by atoms with Crippen LogP contribution in [-0.4, -0.2) is 47.6 Å². The Morgan fingerprint density at radius 2 is 1.86 bits per heavy atom. The first kappa shape index (κ1) is 23.9. The monoisotopic (exact) mass is 550 g/mol. The number of carbonyl (C=O) groups is 1. The van der Waals surface area contributed by atoms with Crippen LogP contribution in [0.2, 0.25) is 0 Å². The number of halogens is 1. The van der Waals surface area contributed by atoms with E-state index >= 15 is 0 Å². The summed E-state index contributed by atoms with van der Waals surface area (Å²) in [6.45, 7) is 12.1. The normalized spacial score (nSPS) is 62.3. The topological polar surface area (TPSA) is 57.3 Å². The minimum Gasteiger partial charge on any atom is -0.463 e. The van der Waals surface area contributed by atoms with Crippen LogP contribution in [0.25, 0.3) is 0 Å². The summed E-state index contributed by atoms with van der Waals surface area (Å²) in [6, 6.07) is 0. The van der Waals surface area contributed by atoms with Crippen molar-refractivity contribution in [2.45, 2.75) is 115 Å². The highest BCUT2D eigenvalue weighted by molar-refractivity contribution is 9.09. The van der Waals surface area contributed by atoms with Crippen molar-refractivity contribution in [1.29, 1.82) is 0 Å². The summed E-state index contributed by atoms with van der Waals surface area (Å²) in [5.74, 6) is 3.51. The summed E-state index contributed by atoms with van der Waals surface area (Å²) in [4.78, 5) is 11.9. The van der Waals surface area contributed by atoms with E-state index in [1.165, 1.54) is 12.8 Å². The van der Waals surface area contributed by atoms with Gasteiger partial charge in [0, 0.05) is 24.2 Å². The van der Waals surface area contributed by atoms with Crippen LogP contribution in [0, 0.1) is 52.3 Å². The van der Waals surface area contributed by atoms with Crippen molar-refractivity contribution in [2.75, 3.05) is 6.61 Å². The number of alkyl halides is 1. The summed E-state index contributed by atoms with van der Waals surface area (Å²) in [5, 5.41) is 0. The maximum Gasteiger partial charge on any atom is 0.302 e. The molecule has 7 aliphatic rings. The van der Waals surface area contributed by atoms with Crippen molar-refractivity contribution in [3.05, 3.63) is 0 Å². The van der Waals surface area contributed by atoms with Gasteiger partial charge in [0.05, 0.1) is 29.7 Å². The zero-order valence-corrected chi connectivity index (χ0v) is 23.6.